The fourth-order valence-electron chi connectivity index (χ4n) is 3.25. The average Bonchev–Trinajstić information content (AvgIpc) is 3.35. The highest BCUT2D eigenvalue weighted by Gasteiger charge is 2.14. The Labute approximate surface area is 187 Å². The number of rotatable bonds is 5. The van der Waals surface area contributed by atoms with E-state index in [1.54, 1.807) is 84.8 Å². The molecule has 0 fully saturated rings. The molecule has 9 heteroatoms. The highest BCUT2D eigenvalue weighted by Crippen LogP contribution is 2.23. The molecule has 0 radical (unpaired) electrons. The van der Waals surface area contributed by atoms with Crippen molar-refractivity contribution in [2.45, 2.75) is 6.92 Å². The van der Waals surface area contributed by atoms with Crippen LogP contribution in [0, 0.1) is 6.92 Å². The summed E-state index contributed by atoms with van der Waals surface area (Å²) in [5.74, 6) is 1.52. The molecular formula is C24H17N5O4. The minimum absolute atomic E-state index is 0.0717. The van der Waals surface area contributed by atoms with Gasteiger partial charge in [0.15, 0.2) is 0 Å². The molecule has 5 aromatic rings. The van der Waals surface area contributed by atoms with Gasteiger partial charge >= 0.3 is 5.63 Å². The monoisotopic (exact) mass is 439 g/mol. The van der Waals surface area contributed by atoms with Crippen LogP contribution in [0.5, 0.6) is 11.6 Å². The molecule has 0 aliphatic carbocycles. The first-order valence-corrected chi connectivity index (χ1v) is 10.0. The largest absolute Gasteiger partial charge is 0.439 e. The van der Waals surface area contributed by atoms with Gasteiger partial charge in [-0.15, -0.1) is 0 Å². The number of fused-ring (bicyclic) bond motifs is 1. The number of carbonyl (C=O) groups excluding carboxylic acids is 1. The summed E-state index contributed by atoms with van der Waals surface area (Å²) in [6.07, 6.45) is 5.07. The number of hydrogen-bond acceptors (Lipinski definition) is 7. The molecule has 3 aromatic heterocycles. The second-order valence-corrected chi connectivity index (χ2v) is 7.15. The van der Waals surface area contributed by atoms with Crippen molar-refractivity contribution in [2.24, 2.45) is 0 Å². The van der Waals surface area contributed by atoms with Gasteiger partial charge in [-0.1, -0.05) is 18.2 Å². The first kappa shape index (κ1) is 20.1. The topological polar surface area (TPSA) is 112 Å². The Kier molecular flexibility index (Phi) is 5.12. The van der Waals surface area contributed by atoms with Gasteiger partial charge in [-0.25, -0.2) is 14.8 Å². The van der Waals surface area contributed by atoms with E-state index in [0.29, 0.717) is 39.9 Å². The molecule has 33 heavy (non-hydrogen) atoms. The summed E-state index contributed by atoms with van der Waals surface area (Å²) in [5, 5.41) is 3.37. The summed E-state index contributed by atoms with van der Waals surface area (Å²) in [6.45, 7) is 1.77. The van der Waals surface area contributed by atoms with Crippen molar-refractivity contribution in [3.05, 3.63) is 101 Å². The highest BCUT2D eigenvalue weighted by molar-refractivity contribution is 6.05. The summed E-state index contributed by atoms with van der Waals surface area (Å²) in [4.78, 5) is 37.5. The molecule has 0 aliphatic rings. The maximum atomic E-state index is 12.6. The van der Waals surface area contributed by atoms with Crippen molar-refractivity contribution in [2.75, 3.05) is 5.32 Å². The predicted octanol–water partition coefficient (Wildman–Crippen LogP) is 4.12. The van der Waals surface area contributed by atoms with E-state index in [4.69, 9.17) is 9.15 Å². The molecule has 0 atom stereocenters. The molecule has 0 saturated carbocycles. The summed E-state index contributed by atoms with van der Waals surface area (Å²) in [6, 6.07) is 16.9. The van der Waals surface area contributed by atoms with Gasteiger partial charge in [-0.2, -0.15) is 4.98 Å². The maximum absolute atomic E-state index is 12.6. The molecule has 9 nitrogen and oxygen atoms in total. The summed E-state index contributed by atoms with van der Waals surface area (Å²) < 4.78 is 12.8. The number of anilines is 1. The molecule has 0 spiro atoms. The van der Waals surface area contributed by atoms with Gasteiger partial charge in [0.1, 0.15) is 34.9 Å². The Morgan fingerprint density at radius 2 is 1.88 bits per heavy atom. The van der Waals surface area contributed by atoms with Crippen LogP contribution >= 0.6 is 0 Å². The Bertz CT molecular complexity index is 1510. The van der Waals surface area contributed by atoms with Crippen molar-refractivity contribution < 1.29 is 13.9 Å². The lowest BCUT2D eigenvalue weighted by Gasteiger charge is -2.09. The maximum Gasteiger partial charge on any atom is 0.349 e. The predicted molar refractivity (Wildman–Crippen MR) is 121 cm³/mol. The molecule has 1 N–H and O–H groups in total. The van der Waals surface area contributed by atoms with Crippen LogP contribution in [0.15, 0.2) is 88.6 Å². The van der Waals surface area contributed by atoms with Gasteiger partial charge in [0.05, 0.1) is 0 Å². The third-order valence-electron chi connectivity index (χ3n) is 4.79. The molecule has 0 aliphatic heterocycles. The SMILES string of the molecule is Cc1nc(Oc2ccc(NC(=O)c3cc4ccccc4oc3=O)cc2)cc(-n2ccnc2)n1. The number of aromatic nitrogens is 4. The first-order chi connectivity index (χ1) is 16.0. The fourth-order valence-corrected chi connectivity index (χ4v) is 3.25. The van der Waals surface area contributed by atoms with Crippen LogP contribution in [-0.2, 0) is 0 Å². The normalized spacial score (nSPS) is 10.8. The van der Waals surface area contributed by atoms with E-state index < -0.39 is 11.5 Å². The number of nitrogens with zero attached hydrogens (tertiary/aromatic N) is 4. The van der Waals surface area contributed by atoms with E-state index in [1.807, 2.05) is 0 Å². The van der Waals surface area contributed by atoms with Crippen molar-refractivity contribution in [3.63, 3.8) is 0 Å². The minimum Gasteiger partial charge on any atom is -0.439 e. The Balaban J connectivity index is 1.32. The Morgan fingerprint density at radius 1 is 1.06 bits per heavy atom. The van der Waals surface area contributed by atoms with Gasteiger partial charge in [-0.3, -0.25) is 9.36 Å². The van der Waals surface area contributed by atoms with E-state index in [9.17, 15) is 9.59 Å². The number of amides is 1. The number of para-hydroxylation sites is 1. The molecule has 0 saturated heterocycles. The third-order valence-corrected chi connectivity index (χ3v) is 4.79. The van der Waals surface area contributed by atoms with Gasteiger partial charge in [-0.05, 0) is 43.3 Å². The summed E-state index contributed by atoms with van der Waals surface area (Å²) >= 11 is 0. The zero-order valence-electron chi connectivity index (χ0n) is 17.4. The number of imidazole rings is 1. The Hall–Kier alpha value is -4.79. The van der Waals surface area contributed by atoms with E-state index in [1.165, 1.54) is 6.07 Å². The zero-order valence-corrected chi connectivity index (χ0v) is 17.4. The molecule has 2 aromatic carbocycles. The van der Waals surface area contributed by atoms with E-state index in [2.05, 4.69) is 20.3 Å². The minimum atomic E-state index is -0.695. The van der Waals surface area contributed by atoms with Crippen LogP contribution in [0.1, 0.15) is 16.2 Å². The smallest absolute Gasteiger partial charge is 0.349 e. The Morgan fingerprint density at radius 3 is 2.67 bits per heavy atom. The van der Waals surface area contributed by atoms with Gasteiger partial charge in [0, 0.05) is 29.5 Å². The fraction of sp³-hybridized carbons (Fsp3) is 0.0417. The van der Waals surface area contributed by atoms with E-state index in [0.717, 1.165) is 0 Å². The molecule has 3 heterocycles. The average molecular weight is 439 g/mol. The molecule has 1 amide bonds. The second-order valence-electron chi connectivity index (χ2n) is 7.15. The number of carbonyl (C=O) groups is 1. The number of aryl methyl sites for hydroxylation is 1. The molecule has 0 unspecified atom stereocenters. The third kappa shape index (κ3) is 4.33. The van der Waals surface area contributed by atoms with Crippen LogP contribution in [0.2, 0.25) is 0 Å². The number of benzene rings is 2. The standard InChI is InChI=1S/C24H17N5O4/c1-15-26-21(29-11-10-25-14-29)13-22(27-15)32-18-8-6-17(7-9-18)28-23(30)19-12-16-4-2-3-5-20(16)33-24(19)31/h2-14H,1H3,(H,28,30). The van der Waals surface area contributed by atoms with Crippen molar-refractivity contribution >= 4 is 22.6 Å². The van der Waals surface area contributed by atoms with Crippen molar-refractivity contribution in [3.8, 4) is 17.4 Å². The van der Waals surface area contributed by atoms with Crippen LogP contribution in [0.4, 0.5) is 5.69 Å². The lowest BCUT2D eigenvalue weighted by Crippen LogP contribution is -2.20. The van der Waals surface area contributed by atoms with Crippen LogP contribution in [0.3, 0.4) is 0 Å². The lowest BCUT2D eigenvalue weighted by atomic mass is 10.1. The highest BCUT2D eigenvalue weighted by atomic mass is 16.5. The zero-order chi connectivity index (χ0) is 22.8. The lowest BCUT2D eigenvalue weighted by molar-refractivity contribution is 0.102. The van der Waals surface area contributed by atoms with Crippen molar-refractivity contribution in [1.82, 2.24) is 19.5 Å². The first-order valence-electron chi connectivity index (χ1n) is 10.0. The second kappa shape index (κ2) is 8.39. The van der Waals surface area contributed by atoms with E-state index >= 15 is 0 Å². The molecule has 5 rings (SSSR count). The number of ether oxygens (including phenoxy) is 1. The van der Waals surface area contributed by atoms with Gasteiger partial charge in [0.2, 0.25) is 5.88 Å². The molecular weight excluding hydrogens is 422 g/mol. The number of hydrogen-bond donors (Lipinski definition) is 1. The van der Waals surface area contributed by atoms with Crippen LogP contribution in [-0.4, -0.2) is 25.4 Å². The van der Waals surface area contributed by atoms with Crippen LogP contribution in [0.25, 0.3) is 16.8 Å². The number of nitrogens with one attached hydrogen (secondary N) is 1. The van der Waals surface area contributed by atoms with Crippen molar-refractivity contribution in [1.29, 1.82) is 0 Å². The van der Waals surface area contributed by atoms with Gasteiger partial charge in [0.25, 0.3) is 5.91 Å². The molecule has 0 bridgehead atoms. The summed E-state index contributed by atoms with van der Waals surface area (Å²) in [5.41, 5.74) is 0.158. The summed E-state index contributed by atoms with van der Waals surface area (Å²) in [7, 11) is 0. The van der Waals surface area contributed by atoms with Crippen LogP contribution < -0.4 is 15.7 Å². The quantitative estimate of drug-likeness (QED) is 0.410. The van der Waals surface area contributed by atoms with Gasteiger partial charge < -0.3 is 14.5 Å². The van der Waals surface area contributed by atoms with E-state index in [-0.39, 0.29) is 5.56 Å². The molecule has 162 valence electrons.